The number of nitro groups is 1. The fraction of sp³-hybridized carbons (Fsp3) is 0.643. The topological polar surface area (TPSA) is 72.7 Å². The number of nitrogens with zero attached hydrogens (tertiary/aromatic N) is 2. The maximum absolute atomic E-state index is 11.3. The molecule has 0 saturated carbocycles. The first-order chi connectivity index (χ1) is 9.73. The Morgan fingerprint density at radius 1 is 1.38 bits per heavy atom. The van der Waals surface area contributed by atoms with Gasteiger partial charge < -0.3 is 4.74 Å². The second-order valence-electron chi connectivity index (χ2n) is 5.37. The summed E-state index contributed by atoms with van der Waals surface area (Å²) in [5.74, 6) is -0.191. The third kappa shape index (κ3) is 4.78. The minimum absolute atomic E-state index is 0.133. The van der Waals surface area contributed by atoms with Gasteiger partial charge in [-0.1, -0.05) is 11.3 Å². The van der Waals surface area contributed by atoms with E-state index in [-0.39, 0.29) is 16.5 Å². The Bertz CT molecular complexity index is 503. The number of thiophene rings is 1. The SMILES string of the molecule is CC(=O)c1cc([N+](=O)[O-])c(OCCN(C(C)C)C(C)C)s1. The lowest BCUT2D eigenvalue weighted by Crippen LogP contribution is -2.39. The van der Waals surface area contributed by atoms with Crippen molar-refractivity contribution in [2.24, 2.45) is 0 Å². The van der Waals surface area contributed by atoms with E-state index in [0.717, 1.165) is 11.3 Å². The van der Waals surface area contributed by atoms with E-state index in [9.17, 15) is 14.9 Å². The molecule has 0 atom stereocenters. The van der Waals surface area contributed by atoms with E-state index in [1.54, 1.807) is 0 Å². The second kappa shape index (κ2) is 7.51. The number of carbonyl (C=O) groups excluding carboxylic acids is 1. The molecular formula is C14H22N2O4S. The van der Waals surface area contributed by atoms with Gasteiger partial charge in [-0.15, -0.1) is 0 Å². The van der Waals surface area contributed by atoms with Crippen LogP contribution >= 0.6 is 11.3 Å². The van der Waals surface area contributed by atoms with Crippen molar-refractivity contribution in [2.45, 2.75) is 46.7 Å². The molecular weight excluding hydrogens is 292 g/mol. The van der Waals surface area contributed by atoms with Crippen molar-refractivity contribution >= 4 is 22.8 Å². The number of rotatable bonds is 8. The number of hydrogen-bond donors (Lipinski definition) is 0. The van der Waals surface area contributed by atoms with Gasteiger partial charge >= 0.3 is 5.69 Å². The highest BCUT2D eigenvalue weighted by molar-refractivity contribution is 7.16. The van der Waals surface area contributed by atoms with Crippen molar-refractivity contribution in [3.8, 4) is 5.06 Å². The van der Waals surface area contributed by atoms with Gasteiger partial charge in [0.25, 0.3) is 5.06 Å². The Balaban J connectivity index is 2.74. The predicted molar refractivity (Wildman–Crippen MR) is 83.5 cm³/mol. The lowest BCUT2D eigenvalue weighted by molar-refractivity contribution is -0.385. The monoisotopic (exact) mass is 314 g/mol. The lowest BCUT2D eigenvalue weighted by atomic mass is 10.2. The molecule has 118 valence electrons. The van der Waals surface area contributed by atoms with E-state index in [4.69, 9.17) is 4.74 Å². The molecule has 0 aromatic carbocycles. The van der Waals surface area contributed by atoms with Crippen LogP contribution in [0.25, 0.3) is 0 Å². The van der Waals surface area contributed by atoms with Gasteiger partial charge in [-0.25, -0.2) is 0 Å². The van der Waals surface area contributed by atoms with Crippen LogP contribution in [0.15, 0.2) is 6.07 Å². The van der Waals surface area contributed by atoms with Crippen molar-refractivity contribution in [3.63, 3.8) is 0 Å². The Kier molecular flexibility index (Phi) is 6.29. The highest BCUT2D eigenvalue weighted by Crippen LogP contribution is 2.37. The van der Waals surface area contributed by atoms with Crippen LogP contribution in [0.4, 0.5) is 5.69 Å². The van der Waals surface area contributed by atoms with Crippen molar-refractivity contribution < 1.29 is 14.5 Å². The molecule has 21 heavy (non-hydrogen) atoms. The van der Waals surface area contributed by atoms with Crippen LogP contribution in [0.3, 0.4) is 0 Å². The summed E-state index contributed by atoms with van der Waals surface area (Å²) < 4.78 is 5.54. The van der Waals surface area contributed by atoms with Crippen molar-refractivity contribution in [2.75, 3.05) is 13.2 Å². The summed E-state index contributed by atoms with van der Waals surface area (Å²) in [5.41, 5.74) is -0.133. The summed E-state index contributed by atoms with van der Waals surface area (Å²) in [5, 5.41) is 11.2. The molecule has 0 bridgehead atoms. The quantitative estimate of drug-likeness (QED) is 0.418. The Hall–Kier alpha value is -1.47. The molecule has 1 heterocycles. The molecule has 0 spiro atoms. The molecule has 0 aliphatic rings. The number of Topliss-reactive ketones (excluding diaryl/α,β-unsaturated/α-hetero) is 1. The van der Waals surface area contributed by atoms with Gasteiger partial charge in [-0.3, -0.25) is 19.8 Å². The number of carbonyl (C=O) groups is 1. The number of hydrogen-bond acceptors (Lipinski definition) is 6. The van der Waals surface area contributed by atoms with E-state index < -0.39 is 4.92 Å². The predicted octanol–water partition coefficient (Wildman–Crippen LogP) is 3.36. The molecule has 0 aliphatic heterocycles. The maximum atomic E-state index is 11.3. The van der Waals surface area contributed by atoms with Gasteiger partial charge in [-0.2, -0.15) is 0 Å². The molecule has 1 aromatic rings. The van der Waals surface area contributed by atoms with E-state index >= 15 is 0 Å². The summed E-state index contributed by atoms with van der Waals surface area (Å²) in [6.45, 7) is 10.8. The van der Waals surface area contributed by atoms with E-state index in [1.807, 2.05) is 0 Å². The molecule has 0 amide bonds. The van der Waals surface area contributed by atoms with Crippen molar-refractivity contribution in [1.82, 2.24) is 4.90 Å². The van der Waals surface area contributed by atoms with Crippen LogP contribution in [-0.4, -0.2) is 40.8 Å². The zero-order valence-electron chi connectivity index (χ0n) is 13.1. The zero-order valence-corrected chi connectivity index (χ0v) is 13.9. The average molecular weight is 314 g/mol. The Morgan fingerprint density at radius 3 is 2.38 bits per heavy atom. The molecule has 0 aliphatic carbocycles. The molecule has 0 radical (unpaired) electrons. The third-order valence-corrected chi connectivity index (χ3v) is 4.27. The smallest absolute Gasteiger partial charge is 0.323 e. The summed E-state index contributed by atoms with van der Waals surface area (Å²) >= 11 is 1.03. The van der Waals surface area contributed by atoms with Crippen LogP contribution in [0.5, 0.6) is 5.06 Å². The molecule has 0 fully saturated rings. The maximum Gasteiger partial charge on any atom is 0.323 e. The molecule has 1 rings (SSSR count). The van der Waals surface area contributed by atoms with Gasteiger partial charge in [-0.05, 0) is 34.6 Å². The average Bonchev–Trinajstić information content (AvgIpc) is 2.77. The first-order valence-electron chi connectivity index (χ1n) is 6.91. The largest absolute Gasteiger partial charge is 0.478 e. The summed E-state index contributed by atoms with van der Waals surface area (Å²) in [4.78, 5) is 24.4. The van der Waals surface area contributed by atoms with Gasteiger partial charge in [0, 0.05) is 24.7 Å². The normalized spacial score (nSPS) is 11.4. The standard InChI is InChI=1S/C14H22N2O4S/c1-9(2)15(10(3)4)6-7-20-14-12(16(18)19)8-13(21-14)11(5)17/h8-10H,6-7H2,1-5H3. The summed E-state index contributed by atoms with van der Waals surface area (Å²) in [7, 11) is 0. The van der Waals surface area contributed by atoms with Crippen LogP contribution in [0.1, 0.15) is 44.3 Å². The van der Waals surface area contributed by atoms with E-state index in [0.29, 0.717) is 30.1 Å². The zero-order chi connectivity index (χ0) is 16.2. The molecule has 0 N–H and O–H groups in total. The fourth-order valence-corrected chi connectivity index (χ4v) is 3.02. The molecule has 6 nitrogen and oxygen atoms in total. The van der Waals surface area contributed by atoms with Gasteiger partial charge in [0.05, 0.1) is 9.80 Å². The van der Waals surface area contributed by atoms with Crippen LogP contribution in [-0.2, 0) is 0 Å². The third-order valence-electron chi connectivity index (χ3n) is 3.13. The highest BCUT2D eigenvalue weighted by atomic mass is 32.1. The lowest BCUT2D eigenvalue weighted by Gasteiger charge is -2.30. The minimum Gasteiger partial charge on any atom is -0.478 e. The van der Waals surface area contributed by atoms with Crippen LogP contribution < -0.4 is 4.74 Å². The van der Waals surface area contributed by atoms with Gasteiger partial charge in [0.2, 0.25) is 0 Å². The number of ketones is 1. The minimum atomic E-state index is -0.513. The van der Waals surface area contributed by atoms with Crippen molar-refractivity contribution in [1.29, 1.82) is 0 Å². The molecule has 1 aromatic heterocycles. The fourth-order valence-electron chi connectivity index (χ4n) is 2.13. The van der Waals surface area contributed by atoms with Gasteiger partial charge in [0.1, 0.15) is 6.61 Å². The first kappa shape index (κ1) is 17.6. The molecule has 7 heteroatoms. The van der Waals surface area contributed by atoms with Crippen molar-refractivity contribution in [3.05, 3.63) is 21.1 Å². The highest BCUT2D eigenvalue weighted by Gasteiger charge is 2.23. The Labute approximate surface area is 128 Å². The van der Waals surface area contributed by atoms with Gasteiger partial charge in [0.15, 0.2) is 5.78 Å². The first-order valence-corrected chi connectivity index (χ1v) is 7.73. The molecule has 0 saturated heterocycles. The van der Waals surface area contributed by atoms with E-state index in [2.05, 4.69) is 32.6 Å². The summed E-state index contributed by atoms with van der Waals surface area (Å²) in [6, 6.07) is 2.03. The van der Waals surface area contributed by atoms with Crippen LogP contribution in [0, 0.1) is 10.1 Å². The number of ether oxygens (including phenoxy) is 1. The summed E-state index contributed by atoms with van der Waals surface area (Å²) in [6.07, 6.45) is 0. The Morgan fingerprint density at radius 2 is 1.95 bits per heavy atom. The van der Waals surface area contributed by atoms with Crippen LogP contribution in [0.2, 0.25) is 0 Å². The van der Waals surface area contributed by atoms with E-state index in [1.165, 1.54) is 13.0 Å². The second-order valence-corrected chi connectivity index (χ2v) is 6.39. The molecule has 0 unspecified atom stereocenters.